The van der Waals surface area contributed by atoms with Gasteiger partial charge in [-0.3, -0.25) is 0 Å². The van der Waals surface area contributed by atoms with Crippen molar-refractivity contribution in [2.45, 2.75) is 38.6 Å². The zero-order valence-electron chi connectivity index (χ0n) is 9.78. The molecule has 88 valence electrons. The number of hydrogen-bond acceptors (Lipinski definition) is 4. The number of nitrogens with zero attached hydrogens (tertiary/aromatic N) is 2. The lowest BCUT2D eigenvalue weighted by molar-refractivity contribution is 0.260. The molecular formula is C12H19N3O. The fraction of sp³-hybridized carbons (Fsp3) is 0.667. The molecule has 1 fully saturated rings. The smallest absolute Gasteiger partial charge is 0.216 e. The average Bonchev–Trinajstić information content (AvgIpc) is 2.30. The van der Waals surface area contributed by atoms with Crippen molar-refractivity contribution in [3.05, 3.63) is 18.1 Å². The summed E-state index contributed by atoms with van der Waals surface area (Å²) in [5.74, 6) is 0.684. The Bertz CT molecular complexity index is 324. The van der Waals surface area contributed by atoms with E-state index < -0.39 is 0 Å². The maximum atomic E-state index is 5.60. The third-order valence-corrected chi connectivity index (χ3v) is 2.91. The molecule has 0 aliphatic carbocycles. The quantitative estimate of drug-likeness (QED) is 0.840. The molecule has 4 nitrogen and oxygen atoms in total. The number of nitrogens with one attached hydrogen (secondary N) is 1. The van der Waals surface area contributed by atoms with E-state index in [1.54, 1.807) is 6.33 Å². The van der Waals surface area contributed by atoms with Gasteiger partial charge in [-0.1, -0.05) is 6.42 Å². The molecular weight excluding hydrogens is 202 g/mol. The van der Waals surface area contributed by atoms with Gasteiger partial charge in [0.1, 0.15) is 6.33 Å². The Morgan fingerprint density at radius 3 is 3.12 bits per heavy atom. The van der Waals surface area contributed by atoms with Gasteiger partial charge >= 0.3 is 0 Å². The molecule has 2 rings (SSSR count). The molecule has 1 unspecified atom stereocenters. The minimum atomic E-state index is 0.622. The zero-order chi connectivity index (χ0) is 11.2. The summed E-state index contributed by atoms with van der Waals surface area (Å²) in [6.07, 6.45) is 6.52. The highest BCUT2D eigenvalue weighted by molar-refractivity contribution is 5.11. The molecule has 1 aliphatic heterocycles. The largest absolute Gasteiger partial charge is 0.478 e. The van der Waals surface area contributed by atoms with Gasteiger partial charge in [-0.25, -0.2) is 9.97 Å². The number of rotatable bonds is 4. The van der Waals surface area contributed by atoms with E-state index >= 15 is 0 Å². The third-order valence-electron chi connectivity index (χ3n) is 2.91. The summed E-state index contributed by atoms with van der Waals surface area (Å²) < 4.78 is 5.60. The summed E-state index contributed by atoms with van der Waals surface area (Å²) in [7, 11) is 0. The van der Waals surface area contributed by atoms with Crippen LogP contribution in [0.5, 0.6) is 5.88 Å². The Morgan fingerprint density at radius 1 is 1.44 bits per heavy atom. The van der Waals surface area contributed by atoms with Crippen molar-refractivity contribution >= 4 is 0 Å². The fourth-order valence-electron chi connectivity index (χ4n) is 1.99. The first-order valence-corrected chi connectivity index (χ1v) is 5.99. The van der Waals surface area contributed by atoms with Crippen LogP contribution in [0.25, 0.3) is 0 Å². The van der Waals surface area contributed by atoms with Gasteiger partial charge in [0, 0.05) is 17.8 Å². The normalized spacial score (nSPS) is 20.7. The van der Waals surface area contributed by atoms with Crippen LogP contribution in [0.15, 0.2) is 12.4 Å². The van der Waals surface area contributed by atoms with Gasteiger partial charge < -0.3 is 10.1 Å². The Labute approximate surface area is 96.4 Å². The molecule has 1 atom stereocenters. The summed E-state index contributed by atoms with van der Waals surface area (Å²) in [4.78, 5) is 8.10. The van der Waals surface area contributed by atoms with E-state index in [2.05, 4.69) is 15.3 Å². The minimum absolute atomic E-state index is 0.622. The molecule has 4 heteroatoms. The number of ether oxygens (including phenoxy) is 1. The third kappa shape index (κ3) is 3.45. The van der Waals surface area contributed by atoms with Crippen molar-refractivity contribution < 1.29 is 4.74 Å². The van der Waals surface area contributed by atoms with Crippen LogP contribution in [0.2, 0.25) is 0 Å². The molecule has 2 heterocycles. The summed E-state index contributed by atoms with van der Waals surface area (Å²) in [6, 6.07) is 2.49. The van der Waals surface area contributed by atoms with Crippen LogP contribution in [0.1, 0.15) is 31.4 Å². The highest BCUT2D eigenvalue weighted by Crippen LogP contribution is 2.11. The first-order valence-electron chi connectivity index (χ1n) is 5.99. The lowest BCUT2D eigenvalue weighted by Gasteiger charge is -2.23. The van der Waals surface area contributed by atoms with Gasteiger partial charge in [-0.15, -0.1) is 0 Å². The van der Waals surface area contributed by atoms with Crippen LogP contribution < -0.4 is 10.1 Å². The zero-order valence-corrected chi connectivity index (χ0v) is 9.78. The van der Waals surface area contributed by atoms with E-state index in [4.69, 9.17) is 4.74 Å². The van der Waals surface area contributed by atoms with E-state index in [1.807, 2.05) is 13.0 Å². The van der Waals surface area contributed by atoms with Gasteiger partial charge in [-0.05, 0) is 32.7 Å². The predicted molar refractivity (Wildman–Crippen MR) is 62.5 cm³/mol. The molecule has 0 bridgehead atoms. The Hall–Kier alpha value is -1.16. The highest BCUT2D eigenvalue weighted by atomic mass is 16.5. The number of aryl methyl sites for hydroxylation is 1. The van der Waals surface area contributed by atoms with Crippen LogP contribution in [0.4, 0.5) is 0 Å². The lowest BCUT2D eigenvalue weighted by atomic mass is 10.0. The maximum absolute atomic E-state index is 5.60. The summed E-state index contributed by atoms with van der Waals surface area (Å²) in [5, 5.41) is 3.50. The fourth-order valence-corrected chi connectivity index (χ4v) is 1.99. The van der Waals surface area contributed by atoms with Crippen molar-refractivity contribution in [3.8, 4) is 5.88 Å². The molecule has 0 saturated carbocycles. The van der Waals surface area contributed by atoms with Crippen molar-refractivity contribution in [2.75, 3.05) is 13.2 Å². The Kier molecular flexibility index (Phi) is 4.10. The van der Waals surface area contributed by atoms with Gasteiger partial charge in [-0.2, -0.15) is 0 Å². The Balaban J connectivity index is 1.71. The summed E-state index contributed by atoms with van der Waals surface area (Å²) in [6.45, 7) is 3.82. The van der Waals surface area contributed by atoms with Gasteiger partial charge in [0.2, 0.25) is 5.88 Å². The molecule has 1 aliphatic rings. The SMILES string of the molecule is Cc1cc(OCCC2CCCCN2)ncn1. The number of hydrogen-bond donors (Lipinski definition) is 1. The van der Waals surface area contributed by atoms with Crippen LogP contribution in [-0.2, 0) is 0 Å². The van der Waals surface area contributed by atoms with Crippen LogP contribution in [0, 0.1) is 6.92 Å². The van der Waals surface area contributed by atoms with E-state index in [0.29, 0.717) is 11.9 Å². The van der Waals surface area contributed by atoms with Gasteiger partial charge in [0.25, 0.3) is 0 Å². The van der Waals surface area contributed by atoms with E-state index in [0.717, 1.165) is 25.3 Å². The average molecular weight is 221 g/mol. The van der Waals surface area contributed by atoms with Gasteiger partial charge in [0.05, 0.1) is 6.61 Å². The second-order valence-electron chi connectivity index (χ2n) is 4.28. The molecule has 0 amide bonds. The van der Waals surface area contributed by atoms with Crippen LogP contribution in [0.3, 0.4) is 0 Å². The first-order chi connectivity index (χ1) is 7.84. The van der Waals surface area contributed by atoms with Crippen LogP contribution in [-0.4, -0.2) is 29.2 Å². The first kappa shape index (κ1) is 11.3. The minimum Gasteiger partial charge on any atom is -0.478 e. The molecule has 16 heavy (non-hydrogen) atoms. The van der Waals surface area contributed by atoms with Crippen LogP contribution >= 0.6 is 0 Å². The molecule has 1 saturated heterocycles. The highest BCUT2D eigenvalue weighted by Gasteiger charge is 2.12. The maximum Gasteiger partial charge on any atom is 0.216 e. The topological polar surface area (TPSA) is 47.0 Å². The molecule has 1 N–H and O–H groups in total. The molecule has 0 spiro atoms. The number of piperidine rings is 1. The monoisotopic (exact) mass is 221 g/mol. The summed E-state index contributed by atoms with van der Waals surface area (Å²) in [5.41, 5.74) is 0.945. The van der Waals surface area contributed by atoms with Crippen molar-refractivity contribution in [1.82, 2.24) is 15.3 Å². The molecule has 1 aromatic heterocycles. The van der Waals surface area contributed by atoms with E-state index in [-0.39, 0.29) is 0 Å². The Morgan fingerprint density at radius 2 is 2.38 bits per heavy atom. The van der Waals surface area contributed by atoms with E-state index in [9.17, 15) is 0 Å². The molecule has 0 aromatic carbocycles. The molecule has 1 aromatic rings. The van der Waals surface area contributed by atoms with E-state index in [1.165, 1.54) is 19.3 Å². The number of aromatic nitrogens is 2. The standard InChI is InChI=1S/C12H19N3O/c1-10-8-12(15-9-14-10)16-7-5-11-4-2-3-6-13-11/h8-9,11,13H,2-7H2,1H3. The van der Waals surface area contributed by atoms with Crippen molar-refractivity contribution in [2.24, 2.45) is 0 Å². The summed E-state index contributed by atoms with van der Waals surface area (Å²) >= 11 is 0. The van der Waals surface area contributed by atoms with Crippen molar-refractivity contribution in [3.63, 3.8) is 0 Å². The second kappa shape index (κ2) is 5.80. The predicted octanol–water partition coefficient (Wildman–Crippen LogP) is 1.70. The second-order valence-corrected chi connectivity index (χ2v) is 4.28. The van der Waals surface area contributed by atoms with Crippen molar-refractivity contribution in [1.29, 1.82) is 0 Å². The molecule has 0 radical (unpaired) electrons. The lowest BCUT2D eigenvalue weighted by Crippen LogP contribution is -2.35. The van der Waals surface area contributed by atoms with Gasteiger partial charge in [0.15, 0.2) is 0 Å².